The number of carbonyl (C=O) groups is 1. The van der Waals surface area contributed by atoms with Crippen molar-refractivity contribution in [3.8, 4) is 5.75 Å². The summed E-state index contributed by atoms with van der Waals surface area (Å²) in [6, 6.07) is 17.7. The van der Waals surface area contributed by atoms with Crippen molar-refractivity contribution in [1.82, 2.24) is 9.97 Å². The number of para-hydroxylation sites is 1. The zero-order valence-corrected chi connectivity index (χ0v) is 15.8. The van der Waals surface area contributed by atoms with Crippen molar-refractivity contribution in [3.05, 3.63) is 77.1 Å². The number of Topliss-reactive ketones (excluding diaryl/α,β-unsaturated/α-hetero) is 1. The number of ether oxygens (including phenoxy) is 1. The smallest absolute Gasteiger partial charge is 0.165 e. The van der Waals surface area contributed by atoms with Crippen LogP contribution in [0.4, 0.5) is 0 Å². The number of aryl methyl sites for hydroxylation is 1. The van der Waals surface area contributed by atoms with E-state index < -0.39 is 0 Å². The van der Waals surface area contributed by atoms with Crippen LogP contribution in [-0.4, -0.2) is 28.1 Å². The fraction of sp³-hybridized carbons (Fsp3) is 0.238. The van der Waals surface area contributed by atoms with Gasteiger partial charge in [-0.05, 0) is 31.5 Å². The van der Waals surface area contributed by atoms with Gasteiger partial charge in [0.05, 0.1) is 17.9 Å². The second-order valence-electron chi connectivity index (χ2n) is 6.03. The third kappa shape index (κ3) is 4.76. The summed E-state index contributed by atoms with van der Waals surface area (Å²) in [6.45, 7) is 4.12. The number of carbonyl (C=O) groups excluding carboxylic acids is 1. The Labute approximate surface area is 158 Å². The molecule has 0 aliphatic heterocycles. The molecule has 1 heterocycles. The van der Waals surface area contributed by atoms with Crippen molar-refractivity contribution in [3.63, 3.8) is 0 Å². The summed E-state index contributed by atoms with van der Waals surface area (Å²) >= 11 is 1.62. The lowest BCUT2D eigenvalue weighted by molar-refractivity contribution is 0.101. The van der Waals surface area contributed by atoms with Gasteiger partial charge in [0.15, 0.2) is 10.9 Å². The number of H-pyrrole nitrogens is 1. The fourth-order valence-electron chi connectivity index (χ4n) is 2.67. The summed E-state index contributed by atoms with van der Waals surface area (Å²) in [5.74, 6) is 1.41. The Morgan fingerprint density at radius 3 is 2.62 bits per heavy atom. The second-order valence-corrected chi connectivity index (χ2v) is 7.11. The molecule has 0 aliphatic rings. The molecule has 134 valence electrons. The Morgan fingerprint density at radius 1 is 1.12 bits per heavy atom. The number of rotatable bonds is 8. The first-order chi connectivity index (χ1) is 12.6. The van der Waals surface area contributed by atoms with E-state index in [2.05, 4.69) is 24.0 Å². The van der Waals surface area contributed by atoms with Gasteiger partial charge in [0, 0.05) is 17.9 Å². The van der Waals surface area contributed by atoms with Crippen LogP contribution in [0.1, 0.15) is 34.2 Å². The highest BCUT2D eigenvalue weighted by molar-refractivity contribution is 7.99. The largest absolute Gasteiger partial charge is 0.492 e. The van der Waals surface area contributed by atoms with Gasteiger partial charge in [0.1, 0.15) is 5.75 Å². The molecule has 3 rings (SSSR count). The van der Waals surface area contributed by atoms with E-state index in [4.69, 9.17) is 9.72 Å². The van der Waals surface area contributed by atoms with E-state index in [0.717, 1.165) is 28.7 Å². The highest BCUT2D eigenvalue weighted by atomic mass is 32.2. The highest BCUT2D eigenvalue weighted by Gasteiger charge is 2.09. The van der Waals surface area contributed by atoms with Crippen molar-refractivity contribution in [2.24, 2.45) is 0 Å². The molecule has 4 nitrogen and oxygen atoms in total. The van der Waals surface area contributed by atoms with Crippen LogP contribution in [0.5, 0.6) is 5.75 Å². The van der Waals surface area contributed by atoms with E-state index in [1.54, 1.807) is 24.8 Å². The molecule has 0 saturated carbocycles. The number of nitrogens with zero attached hydrogens (tertiary/aromatic N) is 1. The van der Waals surface area contributed by atoms with Crippen molar-refractivity contribution < 1.29 is 9.53 Å². The molecule has 0 fully saturated rings. The van der Waals surface area contributed by atoms with Gasteiger partial charge in [-0.25, -0.2) is 4.98 Å². The minimum absolute atomic E-state index is 0.0143. The Morgan fingerprint density at radius 2 is 1.85 bits per heavy atom. The third-order valence-corrected chi connectivity index (χ3v) is 4.86. The summed E-state index contributed by atoms with van der Waals surface area (Å²) in [4.78, 5) is 19.6. The maximum atomic E-state index is 11.6. The van der Waals surface area contributed by atoms with Crippen LogP contribution in [-0.2, 0) is 6.42 Å². The molecule has 1 N–H and O–H groups in total. The van der Waals surface area contributed by atoms with Crippen LogP contribution in [0.15, 0.2) is 59.8 Å². The van der Waals surface area contributed by atoms with Gasteiger partial charge < -0.3 is 9.72 Å². The number of aromatic nitrogens is 2. The van der Waals surface area contributed by atoms with Gasteiger partial charge in [-0.15, -0.1) is 0 Å². The standard InChI is InChI=1S/C21H22N2O2S/c1-15-19(14-17-8-4-3-5-9-17)23-21(22-15)26-13-12-25-20-11-7-6-10-18(20)16(2)24/h3-11H,12-14H2,1-2H3,(H,22,23). The number of imidazole rings is 1. The van der Waals surface area contributed by atoms with Crippen LogP contribution < -0.4 is 4.74 Å². The van der Waals surface area contributed by atoms with Crippen LogP contribution >= 0.6 is 11.8 Å². The zero-order chi connectivity index (χ0) is 18.4. The van der Waals surface area contributed by atoms with Crippen LogP contribution in [0.2, 0.25) is 0 Å². The number of benzene rings is 2. The van der Waals surface area contributed by atoms with E-state index in [-0.39, 0.29) is 5.78 Å². The van der Waals surface area contributed by atoms with Gasteiger partial charge in [0.25, 0.3) is 0 Å². The maximum absolute atomic E-state index is 11.6. The fourth-order valence-corrected chi connectivity index (χ4v) is 3.43. The first kappa shape index (κ1) is 18.3. The summed E-state index contributed by atoms with van der Waals surface area (Å²) in [7, 11) is 0. The Kier molecular flexibility index (Phi) is 6.12. The van der Waals surface area contributed by atoms with E-state index >= 15 is 0 Å². The normalized spacial score (nSPS) is 10.7. The first-order valence-corrected chi connectivity index (χ1v) is 9.57. The molecule has 0 spiro atoms. The molecule has 1 aromatic heterocycles. The zero-order valence-electron chi connectivity index (χ0n) is 15.0. The number of thioether (sulfide) groups is 1. The molecule has 3 aromatic rings. The molecule has 5 heteroatoms. The van der Waals surface area contributed by atoms with Gasteiger partial charge in [-0.1, -0.05) is 54.2 Å². The van der Waals surface area contributed by atoms with Crippen LogP contribution in [0.3, 0.4) is 0 Å². The first-order valence-electron chi connectivity index (χ1n) is 8.58. The molecule has 2 aromatic carbocycles. The van der Waals surface area contributed by atoms with Crippen molar-refractivity contribution in [2.75, 3.05) is 12.4 Å². The van der Waals surface area contributed by atoms with E-state index in [0.29, 0.717) is 17.9 Å². The lowest BCUT2D eigenvalue weighted by atomic mass is 10.1. The number of hydrogen-bond acceptors (Lipinski definition) is 4. The quantitative estimate of drug-likeness (QED) is 0.357. The predicted molar refractivity (Wildman–Crippen MR) is 105 cm³/mol. The second kappa shape index (κ2) is 8.72. The lowest BCUT2D eigenvalue weighted by Gasteiger charge is -2.08. The Balaban J connectivity index is 1.53. The Bertz CT molecular complexity index is 875. The molecule has 0 atom stereocenters. The number of ketones is 1. The SMILES string of the molecule is CC(=O)c1ccccc1OCCSc1nc(Cc2ccccc2)c(C)[nH]1. The Hall–Kier alpha value is -2.53. The monoisotopic (exact) mass is 366 g/mol. The summed E-state index contributed by atoms with van der Waals surface area (Å²) in [5, 5.41) is 0.900. The average Bonchev–Trinajstić information content (AvgIpc) is 2.99. The van der Waals surface area contributed by atoms with Crippen molar-refractivity contribution in [1.29, 1.82) is 0 Å². The molecule has 0 radical (unpaired) electrons. The molecular weight excluding hydrogens is 344 g/mol. The maximum Gasteiger partial charge on any atom is 0.165 e. The van der Waals surface area contributed by atoms with Gasteiger partial charge in [0.2, 0.25) is 0 Å². The van der Waals surface area contributed by atoms with Gasteiger partial charge >= 0.3 is 0 Å². The van der Waals surface area contributed by atoms with E-state index in [1.807, 2.05) is 36.4 Å². The lowest BCUT2D eigenvalue weighted by Crippen LogP contribution is -2.04. The van der Waals surface area contributed by atoms with E-state index in [9.17, 15) is 4.79 Å². The van der Waals surface area contributed by atoms with E-state index in [1.165, 1.54) is 5.56 Å². The molecule has 26 heavy (non-hydrogen) atoms. The topological polar surface area (TPSA) is 55.0 Å². The van der Waals surface area contributed by atoms with Gasteiger partial charge in [-0.2, -0.15) is 0 Å². The van der Waals surface area contributed by atoms with Crippen LogP contribution in [0.25, 0.3) is 0 Å². The summed E-state index contributed by atoms with van der Waals surface area (Å²) in [5.41, 5.74) is 4.04. The minimum Gasteiger partial charge on any atom is -0.492 e. The average molecular weight is 366 g/mol. The molecule has 0 unspecified atom stereocenters. The predicted octanol–water partition coefficient (Wildman–Crippen LogP) is 4.68. The molecule has 0 aliphatic carbocycles. The summed E-state index contributed by atoms with van der Waals surface area (Å²) < 4.78 is 5.77. The number of nitrogens with one attached hydrogen (secondary N) is 1. The molecule has 0 amide bonds. The van der Waals surface area contributed by atoms with Gasteiger partial charge in [-0.3, -0.25) is 4.79 Å². The molecule has 0 bridgehead atoms. The number of hydrogen-bond donors (Lipinski definition) is 1. The van der Waals surface area contributed by atoms with Crippen molar-refractivity contribution in [2.45, 2.75) is 25.4 Å². The highest BCUT2D eigenvalue weighted by Crippen LogP contribution is 2.21. The minimum atomic E-state index is 0.0143. The van der Waals surface area contributed by atoms with Crippen LogP contribution in [0, 0.1) is 6.92 Å². The summed E-state index contributed by atoms with van der Waals surface area (Å²) in [6.07, 6.45) is 0.826. The van der Waals surface area contributed by atoms with Crippen molar-refractivity contribution >= 4 is 17.5 Å². The third-order valence-electron chi connectivity index (χ3n) is 4.02. The molecule has 0 saturated heterocycles. The number of aromatic amines is 1. The molecular formula is C21H22N2O2S.